The zero-order chi connectivity index (χ0) is 15.4. The summed E-state index contributed by atoms with van der Waals surface area (Å²) >= 11 is 0.697. The number of halogens is 2. The first-order valence-electron chi connectivity index (χ1n) is 5.36. The Morgan fingerprint density at radius 2 is 1.95 bits per heavy atom. The first kappa shape index (κ1) is 16.5. The summed E-state index contributed by atoms with van der Waals surface area (Å²) in [5.41, 5.74) is -1.39. The number of rotatable bonds is 5. The van der Waals surface area contributed by atoms with E-state index in [1.165, 1.54) is 6.92 Å². The molecule has 0 aliphatic heterocycles. The highest BCUT2D eigenvalue weighted by atomic mass is 32.2. The Bertz CT molecular complexity index is 540. The Morgan fingerprint density at radius 1 is 1.40 bits per heavy atom. The van der Waals surface area contributed by atoms with Gasteiger partial charge in [0, 0.05) is 12.7 Å². The van der Waals surface area contributed by atoms with E-state index in [9.17, 15) is 33.9 Å². The van der Waals surface area contributed by atoms with Gasteiger partial charge in [0.05, 0.1) is 22.7 Å². The molecule has 0 aliphatic carbocycles. The average molecular weight is 307 g/mol. The van der Waals surface area contributed by atoms with Gasteiger partial charge in [-0.25, -0.2) is 8.78 Å². The molecule has 110 valence electrons. The number of thioether (sulfide) groups is 1. The van der Waals surface area contributed by atoms with Crippen LogP contribution < -0.4 is 0 Å². The van der Waals surface area contributed by atoms with Crippen molar-refractivity contribution in [2.45, 2.75) is 19.1 Å². The average Bonchev–Trinajstić information content (AvgIpc) is 2.37. The molecule has 0 aromatic heterocycles. The monoisotopic (exact) mass is 307 g/mol. The number of hydrogen-bond donors (Lipinski definition) is 2. The summed E-state index contributed by atoms with van der Waals surface area (Å²) in [6, 6.07) is 0.790. The molecule has 1 rings (SSSR count). The third kappa shape index (κ3) is 3.95. The number of carbonyl (C=O) groups excluding carboxylic acids is 1. The number of carbonyl (C=O) groups is 1. The molecule has 0 radical (unpaired) electrons. The number of nitro benzene ring substituents is 1. The van der Waals surface area contributed by atoms with Crippen molar-refractivity contribution in [2.24, 2.45) is 0 Å². The number of nitrogens with zero attached hydrogens (tertiary/aromatic N) is 1. The van der Waals surface area contributed by atoms with E-state index in [0.29, 0.717) is 23.9 Å². The van der Waals surface area contributed by atoms with Gasteiger partial charge in [-0.05, 0) is 6.07 Å². The summed E-state index contributed by atoms with van der Waals surface area (Å²) in [5, 5.41) is 29.8. The smallest absolute Gasteiger partial charge is 0.278 e. The van der Waals surface area contributed by atoms with Crippen molar-refractivity contribution in [3.63, 3.8) is 0 Å². The van der Waals surface area contributed by atoms with Crippen LogP contribution in [0.25, 0.3) is 0 Å². The molecule has 0 amide bonds. The Kier molecular flexibility index (Phi) is 5.54. The lowest BCUT2D eigenvalue weighted by Gasteiger charge is -2.17. The maximum atomic E-state index is 13.1. The van der Waals surface area contributed by atoms with Crippen LogP contribution in [0.15, 0.2) is 12.1 Å². The van der Waals surface area contributed by atoms with Crippen molar-refractivity contribution >= 4 is 22.6 Å². The second kappa shape index (κ2) is 6.73. The van der Waals surface area contributed by atoms with E-state index in [-0.39, 0.29) is 10.9 Å². The van der Waals surface area contributed by atoms with E-state index >= 15 is 0 Å². The molecule has 2 N–H and O–H groups in total. The third-order valence-electron chi connectivity index (χ3n) is 2.41. The lowest BCUT2D eigenvalue weighted by Crippen LogP contribution is -2.22. The fourth-order valence-electron chi connectivity index (χ4n) is 1.45. The molecule has 0 saturated carbocycles. The van der Waals surface area contributed by atoms with Gasteiger partial charge in [-0.2, -0.15) is 0 Å². The molecule has 0 heterocycles. The van der Waals surface area contributed by atoms with Crippen LogP contribution in [0.1, 0.15) is 18.6 Å². The van der Waals surface area contributed by atoms with Gasteiger partial charge in [0.2, 0.25) is 0 Å². The van der Waals surface area contributed by atoms with Crippen LogP contribution in [-0.2, 0) is 4.79 Å². The van der Waals surface area contributed by atoms with E-state index in [2.05, 4.69) is 0 Å². The van der Waals surface area contributed by atoms with Gasteiger partial charge in [0.1, 0.15) is 6.10 Å². The maximum absolute atomic E-state index is 13.1. The standard InChI is InChI=1S/C11H11F2NO5S/c1-5(15)20-4-10(16)11(17)6-2-7(12)8(13)3-9(6)14(18)19/h2-3,10-11,16-17H,4H2,1H3. The quantitative estimate of drug-likeness (QED) is 0.632. The normalized spacial score (nSPS) is 13.8. The highest BCUT2D eigenvalue weighted by Gasteiger charge is 2.28. The van der Waals surface area contributed by atoms with Crippen LogP contribution in [0.2, 0.25) is 0 Å². The van der Waals surface area contributed by atoms with Crippen LogP contribution in [0.3, 0.4) is 0 Å². The molecule has 1 aromatic rings. The fraction of sp³-hybridized carbons (Fsp3) is 0.364. The summed E-state index contributed by atoms with van der Waals surface area (Å²) in [4.78, 5) is 20.5. The Labute approximate surface area is 116 Å². The van der Waals surface area contributed by atoms with Crippen LogP contribution in [0.5, 0.6) is 0 Å². The molecule has 20 heavy (non-hydrogen) atoms. The van der Waals surface area contributed by atoms with Crippen molar-refractivity contribution in [1.82, 2.24) is 0 Å². The Balaban J connectivity index is 3.07. The van der Waals surface area contributed by atoms with E-state index in [1.54, 1.807) is 0 Å². The van der Waals surface area contributed by atoms with Crippen molar-refractivity contribution in [1.29, 1.82) is 0 Å². The summed E-state index contributed by atoms with van der Waals surface area (Å²) in [6.45, 7) is 1.24. The zero-order valence-corrected chi connectivity index (χ0v) is 11.1. The highest BCUT2D eigenvalue weighted by molar-refractivity contribution is 8.13. The minimum atomic E-state index is -1.81. The predicted octanol–water partition coefficient (Wildman–Crippen LogP) is 1.55. The lowest BCUT2D eigenvalue weighted by atomic mass is 10.0. The molecule has 0 bridgehead atoms. The van der Waals surface area contributed by atoms with Crippen molar-refractivity contribution in [3.8, 4) is 0 Å². The van der Waals surface area contributed by atoms with E-state index in [4.69, 9.17) is 0 Å². The topological polar surface area (TPSA) is 101 Å². The molecule has 0 spiro atoms. The molecule has 6 nitrogen and oxygen atoms in total. The van der Waals surface area contributed by atoms with Gasteiger partial charge in [-0.1, -0.05) is 11.8 Å². The third-order valence-corrected chi connectivity index (χ3v) is 3.32. The lowest BCUT2D eigenvalue weighted by molar-refractivity contribution is -0.386. The largest absolute Gasteiger partial charge is 0.389 e. The van der Waals surface area contributed by atoms with Gasteiger partial charge in [-0.15, -0.1) is 0 Å². The molecular weight excluding hydrogens is 296 g/mol. The van der Waals surface area contributed by atoms with Gasteiger partial charge in [0.15, 0.2) is 16.7 Å². The molecule has 9 heteroatoms. The maximum Gasteiger partial charge on any atom is 0.278 e. The predicted molar refractivity (Wildman–Crippen MR) is 67.1 cm³/mol. The number of benzene rings is 1. The first-order chi connectivity index (χ1) is 9.23. The van der Waals surface area contributed by atoms with E-state index in [1.807, 2.05) is 0 Å². The molecule has 2 atom stereocenters. The fourth-order valence-corrected chi connectivity index (χ4v) is 2.04. The molecule has 0 fully saturated rings. The van der Waals surface area contributed by atoms with Crippen LogP contribution >= 0.6 is 11.8 Å². The summed E-state index contributed by atoms with van der Waals surface area (Å²) < 4.78 is 26.1. The van der Waals surface area contributed by atoms with E-state index in [0.717, 1.165) is 0 Å². The molecular formula is C11H11F2NO5S. The SMILES string of the molecule is CC(=O)SCC(O)C(O)c1cc(F)c(F)cc1[N+](=O)[O-]. The number of nitro groups is 1. The van der Waals surface area contributed by atoms with Crippen LogP contribution in [0, 0.1) is 21.7 Å². The van der Waals surface area contributed by atoms with Gasteiger partial charge in [0.25, 0.3) is 5.69 Å². The van der Waals surface area contributed by atoms with Gasteiger partial charge in [-0.3, -0.25) is 14.9 Å². The summed E-state index contributed by atoms with van der Waals surface area (Å²) in [7, 11) is 0. The minimum absolute atomic E-state index is 0.230. The van der Waals surface area contributed by atoms with Gasteiger partial charge < -0.3 is 10.2 Å². The molecule has 1 aromatic carbocycles. The number of aliphatic hydroxyl groups is 2. The second-order valence-electron chi connectivity index (χ2n) is 3.90. The van der Waals surface area contributed by atoms with E-state index < -0.39 is 40.0 Å². The van der Waals surface area contributed by atoms with Crippen LogP contribution in [0.4, 0.5) is 14.5 Å². The Morgan fingerprint density at radius 3 is 2.45 bits per heavy atom. The molecule has 0 saturated heterocycles. The van der Waals surface area contributed by atoms with Crippen molar-refractivity contribution < 1.29 is 28.7 Å². The van der Waals surface area contributed by atoms with Crippen molar-refractivity contribution in [3.05, 3.63) is 39.4 Å². The van der Waals surface area contributed by atoms with Crippen molar-refractivity contribution in [2.75, 3.05) is 5.75 Å². The van der Waals surface area contributed by atoms with Gasteiger partial charge >= 0.3 is 0 Å². The summed E-state index contributed by atoms with van der Waals surface area (Å²) in [5.74, 6) is -3.04. The molecule has 2 unspecified atom stereocenters. The number of aliphatic hydroxyl groups excluding tert-OH is 2. The second-order valence-corrected chi connectivity index (χ2v) is 5.09. The summed E-state index contributed by atoms with van der Waals surface area (Å²) in [6.07, 6.45) is -3.34. The number of hydrogen-bond acceptors (Lipinski definition) is 6. The zero-order valence-electron chi connectivity index (χ0n) is 10.2. The minimum Gasteiger partial charge on any atom is -0.389 e. The first-order valence-corrected chi connectivity index (χ1v) is 6.35. The van der Waals surface area contributed by atoms with Crippen LogP contribution in [-0.4, -0.2) is 32.1 Å². The Hall–Kier alpha value is -1.58. The highest BCUT2D eigenvalue weighted by Crippen LogP contribution is 2.30. The molecule has 0 aliphatic rings.